The zero-order valence-corrected chi connectivity index (χ0v) is 13.8. The molecule has 0 bridgehead atoms. The lowest BCUT2D eigenvalue weighted by atomic mass is 10.2. The van der Waals surface area contributed by atoms with Gasteiger partial charge in [-0.05, 0) is 24.3 Å². The van der Waals surface area contributed by atoms with Gasteiger partial charge in [-0.1, -0.05) is 13.8 Å². The van der Waals surface area contributed by atoms with Gasteiger partial charge in [0.1, 0.15) is 6.26 Å². The summed E-state index contributed by atoms with van der Waals surface area (Å²) in [6, 6.07) is 5.88. The standard InChI is InChI=1S/C15H19N3O4S/c1-3-18(4-2)23(20,21)14-7-5-12(6-8-14)15(19)16-9-13-10-22-11-17-13/h5-8,10-11H,3-4,9H2,1-2H3,(H,16,19). The molecular weight excluding hydrogens is 318 g/mol. The predicted molar refractivity (Wildman–Crippen MR) is 84.2 cm³/mol. The van der Waals surface area contributed by atoms with Gasteiger partial charge >= 0.3 is 0 Å². The van der Waals surface area contributed by atoms with Crippen LogP contribution in [0.3, 0.4) is 0 Å². The summed E-state index contributed by atoms with van der Waals surface area (Å²) >= 11 is 0. The lowest BCUT2D eigenvalue weighted by Gasteiger charge is -2.18. The minimum absolute atomic E-state index is 0.175. The fourth-order valence-electron chi connectivity index (χ4n) is 2.09. The maximum absolute atomic E-state index is 12.4. The summed E-state index contributed by atoms with van der Waals surface area (Å²) in [5, 5.41) is 2.68. The molecule has 7 nitrogen and oxygen atoms in total. The number of amides is 1. The SMILES string of the molecule is CCN(CC)S(=O)(=O)c1ccc(C(=O)NCc2cocn2)cc1. The van der Waals surface area contributed by atoms with Crippen LogP contribution in [0.15, 0.2) is 46.2 Å². The fraction of sp³-hybridized carbons (Fsp3) is 0.333. The maximum Gasteiger partial charge on any atom is 0.251 e. The summed E-state index contributed by atoms with van der Waals surface area (Å²) < 4.78 is 30.9. The van der Waals surface area contributed by atoms with Crippen molar-refractivity contribution in [3.63, 3.8) is 0 Å². The molecule has 1 N–H and O–H groups in total. The molecule has 1 aromatic heterocycles. The van der Waals surface area contributed by atoms with Crippen molar-refractivity contribution in [3.8, 4) is 0 Å². The average molecular weight is 337 g/mol. The van der Waals surface area contributed by atoms with Crippen LogP contribution in [0, 0.1) is 0 Å². The number of rotatable bonds is 7. The third kappa shape index (κ3) is 3.96. The van der Waals surface area contributed by atoms with Crippen molar-refractivity contribution in [1.82, 2.24) is 14.6 Å². The lowest BCUT2D eigenvalue weighted by Crippen LogP contribution is -2.30. The van der Waals surface area contributed by atoms with Crippen LogP contribution in [-0.2, 0) is 16.6 Å². The van der Waals surface area contributed by atoms with Crippen molar-refractivity contribution in [1.29, 1.82) is 0 Å². The summed E-state index contributed by atoms with van der Waals surface area (Å²) in [5.74, 6) is -0.306. The molecule has 0 atom stereocenters. The number of nitrogens with one attached hydrogen (secondary N) is 1. The van der Waals surface area contributed by atoms with E-state index in [9.17, 15) is 13.2 Å². The Balaban J connectivity index is 2.08. The molecule has 0 radical (unpaired) electrons. The molecule has 0 unspecified atom stereocenters. The molecule has 2 aromatic rings. The Labute approximate surface area is 135 Å². The van der Waals surface area contributed by atoms with Gasteiger partial charge in [-0.2, -0.15) is 4.31 Å². The van der Waals surface area contributed by atoms with Gasteiger partial charge in [-0.15, -0.1) is 0 Å². The third-order valence-electron chi connectivity index (χ3n) is 3.37. The molecule has 2 rings (SSSR count). The molecule has 0 saturated carbocycles. The van der Waals surface area contributed by atoms with Crippen LogP contribution in [0.4, 0.5) is 0 Å². The maximum atomic E-state index is 12.4. The van der Waals surface area contributed by atoms with Crippen LogP contribution in [-0.4, -0.2) is 36.7 Å². The van der Waals surface area contributed by atoms with E-state index in [4.69, 9.17) is 4.42 Å². The number of hydrogen-bond acceptors (Lipinski definition) is 5. The van der Waals surface area contributed by atoms with Crippen molar-refractivity contribution >= 4 is 15.9 Å². The number of oxazole rings is 1. The second-order valence-corrected chi connectivity index (χ2v) is 6.71. The molecule has 8 heteroatoms. The molecule has 124 valence electrons. The van der Waals surface area contributed by atoms with Crippen molar-refractivity contribution in [3.05, 3.63) is 48.2 Å². The summed E-state index contributed by atoms with van der Waals surface area (Å²) in [7, 11) is -3.51. The normalized spacial score (nSPS) is 11.6. The summed E-state index contributed by atoms with van der Waals surface area (Å²) in [6.07, 6.45) is 2.73. The van der Waals surface area contributed by atoms with Gasteiger partial charge in [0.05, 0.1) is 17.1 Å². The van der Waals surface area contributed by atoms with Gasteiger partial charge in [0, 0.05) is 18.7 Å². The van der Waals surface area contributed by atoms with E-state index >= 15 is 0 Å². The topological polar surface area (TPSA) is 92.5 Å². The largest absolute Gasteiger partial charge is 0.451 e. The van der Waals surface area contributed by atoms with Crippen molar-refractivity contribution in [2.75, 3.05) is 13.1 Å². The van der Waals surface area contributed by atoms with E-state index in [2.05, 4.69) is 10.3 Å². The second kappa shape index (κ2) is 7.38. The third-order valence-corrected chi connectivity index (χ3v) is 5.44. The average Bonchev–Trinajstić information content (AvgIpc) is 3.07. The van der Waals surface area contributed by atoms with E-state index < -0.39 is 10.0 Å². The zero-order chi connectivity index (χ0) is 16.9. The van der Waals surface area contributed by atoms with Gasteiger partial charge in [0.25, 0.3) is 5.91 Å². The lowest BCUT2D eigenvalue weighted by molar-refractivity contribution is 0.0950. The molecule has 1 amide bonds. The second-order valence-electron chi connectivity index (χ2n) is 4.78. The first-order valence-electron chi connectivity index (χ1n) is 7.24. The van der Waals surface area contributed by atoms with E-state index in [0.717, 1.165) is 0 Å². The summed E-state index contributed by atoms with van der Waals surface area (Å²) in [6.45, 7) is 4.62. The first-order valence-corrected chi connectivity index (χ1v) is 8.68. The number of benzene rings is 1. The molecule has 0 aliphatic carbocycles. The van der Waals surface area contributed by atoms with Crippen LogP contribution in [0.2, 0.25) is 0 Å². The number of aromatic nitrogens is 1. The van der Waals surface area contributed by atoms with Crippen molar-refractivity contribution < 1.29 is 17.6 Å². The van der Waals surface area contributed by atoms with E-state index in [1.165, 1.54) is 41.2 Å². The van der Waals surface area contributed by atoms with Crippen LogP contribution >= 0.6 is 0 Å². The highest BCUT2D eigenvalue weighted by Gasteiger charge is 2.21. The van der Waals surface area contributed by atoms with Gasteiger partial charge in [0.2, 0.25) is 10.0 Å². The molecule has 0 aliphatic rings. The molecule has 23 heavy (non-hydrogen) atoms. The number of carbonyl (C=O) groups is 1. The first kappa shape index (κ1) is 17.2. The van der Waals surface area contributed by atoms with Crippen molar-refractivity contribution in [2.45, 2.75) is 25.3 Å². The first-order chi connectivity index (χ1) is 11.0. The zero-order valence-electron chi connectivity index (χ0n) is 13.0. The highest BCUT2D eigenvalue weighted by Crippen LogP contribution is 2.16. The van der Waals surface area contributed by atoms with Crippen LogP contribution in [0.5, 0.6) is 0 Å². The summed E-state index contributed by atoms with van der Waals surface area (Å²) in [4.78, 5) is 16.1. The van der Waals surface area contributed by atoms with E-state index in [0.29, 0.717) is 24.3 Å². The molecule has 1 heterocycles. The van der Waals surface area contributed by atoms with E-state index in [-0.39, 0.29) is 17.3 Å². The molecule has 1 aromatic carbocycles. The minimum atomic E-state index is -3.51. The number of carbonyl (C=O) groups excluding carboxylic acids is 1. The molecule has 0 spiro atoms. The molecular formula is C15H19N3O4S. The molecule has 0 saturated heterocycles. The van der Waals surface area contributed by atoms with Gasteiger partial charge in [0.15, 0.2) is 6.39 Å². The number of sulfonamides is 1. The van der Waals surface area contributed by atoms with Crippen LogP contribution < -0.4 is 5.32 Å². The Hall–Kier alpha value is -2.19. The Kier molecular flexibility index (Phi) is 5.51. The van der Waals surface area contributed by atoms with Crippen LogP contribution in [0.1, 0.15) is 29.9 Å². The Morgan fingerprint density at radius 3 is 2.39 bits per heavy atom. The minimum Gasteiger partial charge on any atom is -0.451 e. The fourth-order valence-corrected chi connectivity index (χ4v) is 3.55. The highest BCUT2D eigenvalue weighted by molar-refractivity contribution is 7.89. The highest BCUT2D eigenvalue weighted by atomic mass is 32.2. The van der Waals surface area contributed by atoms with E-state index in [1.54, 1.807) is 13.8 Å². The predicted octanol–water partition coefficient (Wildman–Crippen LogP) is 1.64. The smallest absolute Gasteiger partial charge is 0.251 e. The summed E-state index contributed by atoms with van der Waals surface area (Å²) in [5.41, 5.74) is 0.992. The van der Waals surface area contributed by atoms with Crippen molar-refractivity contribution in [2.24, 2.45) is 0 Å². The Bertz CT molecular complexity index is 736. The number of hydrogen-bond donors (Lipinski definition) is 1. The van der Waals surface area contributed by atoms with Gasteiger partial charge < -0.3 is 9.73 Å². The van der Waals surface area contributed by atoms with Gasteiger partial charge in [-0.25, -0.2) is 13.4 Å². The monoisotopic (exact) mass is 337 g/mol. The Morgan fingerprint density at radius 2 is 1.87 bits per heavy atom. The number of nitrogens with zero attached hydrogens (tertiary/aromatic N) is 2. The van der Waals surface area contributed by atoms with Gasteiger partial charge in [-0.3, -0.25) is 4.79 Å². The van der Waals surface area contributed by atoms with Crippen LogP contribution in [0.25, 0.3) is 0 Å². The Morgan fingerprint density at radius 1 is 1.22 bits per heavy atom. The quantitative estimate of drug-likeness (QED) is 0.829. The molecule has 0 fully saturated rings. The van der Waals surface area contributed by atoms with E-state index in [1.807, 2.05) is 0 Å². The molecule has 0 aliphatic heterocycles.